The van der Waals surface area contributed by atoms with E-state index in [4.69, 9.17) is 11.0 Å². The van der Waals surface area contributed by atoms with Crippen molar-refractivity contribution in [3.8, 4) is 6.07 Å². The molecule has 1 aromatic rings. The summed E-state index contributed by atoms with van der Waals surface area (Å²) in [6.45, 7) is 3.42. The molecule has 0 saturated carbocycles. The van der Waals surface area contributed by atoms with E-state index in [2.05, 4.69) is 11.2 Å². The minimum atomic E-state index is -0.523. The summed E-state index contributed by atoms with van der Waals surface area (Å²) in [7, 11) is 1.88. The fraction of sp³-hybridized carbons (Fsp3) is 0.636. The Balaban J connectivity index is 2.34. The first-order chi connectivity index (χ1) is 8.01. The van der Waals surface area contributed by atoms with E-state index >= 15 is 0 Å². The van der Waals surface area contributed by atoms with Crippen LogP contribution in [0, 0.1) is 17.2 Å². The number of nitriles is 1. The first-order valence-corrected chi connectivity index (χ1v) is 5.55. The Labute approximate surface area is 101 Å². The van der Waals surface area contributed by atoms with Crippen LogP contribution in [0.3, 0.4) is 0 Å². The van der Waals surface area contributed by atoms with Gasteiger partial charge in [0.25, 0.3) is 0 Å². The Kier molecular flexibility index (Phi) is 4.94. The maximum absolute atomic E-state index is 9.84. The fourth-order valence-corrected chi connectivity index (χ4v) is 1.70. The van der Waals surface area contributed by atoms with Gasteiger partial charge < -0.3 is 15.7 Å². The van der Waals surface area contributed by atoms with Crippen molar-refractivity contribution >= 4 is 5.69 Å². The van der Waals surface area contributed by atoms with E-state index in [-0.39, 0.29) is 5.92 Å². The van der Waals surface area contributed by atoms with Gasteiger partial charge in [-0.15, -0.1) is 0 Å². The number of hydrogen-bond acceptors (Lipinski definition) is 5. The molecule has 2 atom stereocenters. The molecule has 0 aliphatic heterocycles. The quantitative estimate of drug-likeness (QED) is 0.722. The Morgan fingerprint density at radius 3 is 2.88 bits per heavy atom. The molecule has 3 N–H and O–H groups in total. The molecule has 2 unspecified atom stereocenters. The van der Waals surface area contributed by atoms with Crippen molar-refractivity contribution < 1.29 is 5.11 Å². The summed E-state index contributed by atoms with van der Waals surface area (Å²) in [5, 5.41) is 22.5. The molecule has 0 aromatic carbocycles. The fourth-order valence-electron chi connectivity index (χ4n) is 1.70. The Hall–Kier alpha value is -1.58. The zero-order chi connectivity index (χ0) is 12.8. The highest BCUT2D eigenvalue weighted by Crippen LogP contribution is 2.02. The van der Waals surface area contributed by atoms with Crippen molar-refractivity contribution in [3.63, 3.8) is 0 Å². The average Bonchev–Trinajstić information content (AvgIpc) is 2.63. The predicted octanol–water partition coefficient (Wildman–Crippen LogP) is -0.0823. The third-order valence-corrected chi connectivity index (χ3v) is 2.38. The van der Waals surface area contributed by atoms with Gasteiger partial charge in [-0.2, -0.15) is 10.4 Å². The van der Waals surface area contributed by atoms with Gasteiger partial charge in [0.2, 0.25) is 0 Å². The monoisotopic (exact) mass is 237 g/mol. The molecule has 1 heterocycles. The average molecular weight is 237 g/mol. The highest BCUT2D eigenvalue weighted by atomic mass is 16.3. The second-order valence-electron chi connectivity index (χ2n) is 4.40. The number of anilines is 1. The number of rotatable bonds is 6. The van der Waals surface area contributed by atoms with Crippen LogP contribution < -0.4 is 5.73 Å². The van der Waals surface area contributed by atoms with Crippen molar-refractivity contribution in [1.29, 1.82) is 5.26 Å². The van der Waals surface area contributed by atoms with E-state index in [0.717, 1.165) is 0 Å². The van der Waals surface area contributed by atoms with Crippen LogP contribution in [-0.2, 0) is 6.54 Å². The molecular formula is C11H19N5O. The van der Waals surface area contributed by atoms with Crippen LogP contribution in [0.25, 0.3) is 0 Å². The summed E-state index contributed by atoms with van der Waals surface area (Å²) in [6, 6.07) is 2.16. The third-order valence-electron chi connectivity index (χ3n) is 2.38. The second-order valence-corrected chi connectivity index (χ2v) is 4.40. The zero-order valence-electron chi connectivity index (χ0n) is 10.2. The molecule has 0 saturated heterocycles. The van der Waals surface area contributed by atoms with Gasteiger partial charge in [0.05, 0.1) is 36.5 Å². The molecule has 6 heteroatoms. The number of aromatic nitrogens is 2. The molecule has 0 radical (unpaired) electrons. The molecule has 0 spiro atoms. The van der Waals surface area contributed by atoms with Crippen LogP contribution in [0.4, 0.5) is 5.69 Å². The van der Waals surface area contributed by atoms with Gasteiger partial charge >= 0.3 is 0 Å². The molecular weight excluding hydrogens is 218 g/mol. The van der Waals surface area contributed by atoms with Gasteiger partial charge in [0.15, 0.2) is 0 Å². The summed E-state index contributed by atoms with van der Waals surface area (Å²) >= 11 is 0. The van der Waals surface area contributed by atoms with Gasteiger partial charge in [-0.05, 0) is 14.0 Å². The van der Waals surface area contributed by atoms with Crippen LogP contribution >= 0.6 is 0 Å². The number of aliphatic hydroxyl groups excluding tert-OH is 1. The van der Waals surface area contributed by atoms with Crippen molar-refractivity contribution in [2.75, 3.05) is 25.9 Å². The molecule has 0 fully saturated rings. The highest BCUT2D eigenvalue weighted by molar-refractivity contribution is 5.30. The molecule has 94 valence electrons. The van der Waals surface area contributed by atoms with Crippen LogP contribution in [-0.4, -0.2) is 46.0 Å². The van der Waals surface area contributed by atoms with Crippen molar-refractivity contribution in [2.24, 2.45) is 5.92 Å². The predicted molar refractivity (Wildman–Crippen MR) is 64.9 cm³/mol. The first kappa shape index (κ1) is 13.5. The van der Waals surface area contributed by atoms with Gasteiger partial charge in [0, 0.05) is 19.3 Å². The summed E-state index contributed by atoms with van der Waals surface area (Å²) < 4.78 is 1.61. The number of nitrogen functional groups attached to an aromatic ring is 1. The molecule has 1 aromatic heterocycles. The third kappa shape index (κ3) is 4.85. The zero-order valence-corrected chi connectivity index (χ0v) is 10.2. The largest absolute Gasteiger partial charge is 0.396 e. The number of likely N-dealkylation sites (N-methyl/N-ethyl adjacent to an activating group) is 1. The second kappa shape index (κ2) is 6.23. The Bertz CT molecular complexity index is 383. The summed E-state index contributed by atoms with van der Waals surface area (Å²) in [5.41, 5.74) is 6.11. The standard InChI is InChI=1S/C11H19N5O/c1-9(3-12)5-15(2)7-11(17)8-16-6-10(13)4-14-16/h4,6,9,11,17H,5,7-8,13H2,1-2H3. The van der Waals surface area contributed by atoms with Crippen molar-refractivity contribution in [1.82, 2.24) is 14.7 Å². The lowest BCUT2D eigenvalue weighted by molar-refractivity contribution is 0.103. The SMILES string of the molecule is CC(C#N)CN(C)CC(O)Cn1cc(N)cn1. The molecule has 0 aliphatic carbocycles. The normalized spacial score (nSPS) is 14.5. The van der Waals surface area contributed by atoms with Crippen molar-refractivity contribution in [2.45, 2.75) is 19.6 Å². The summed E-state index contributed by atoms with van der Waals surface area (Å²) in [4.78, 5) is 1.94. The summed E-state index contributed by atoms with van der Waals surface area (Å²) in [5.74, 6) is -0.0347. The lowest BCUT2D eigenvalue weighted by Crippen LogP contribution is -2.34. The molecule has 0 aliphatic rings. The molecule has 17 heavy (non-hydrogen) atoms. The van der Waals surface area contributed by atoms with Crippen LogP contribution in [0.2, 0.25) is 0 Å². The van der Waals surface area contributed by atoms with Gasteiger partial charge in [-0.3, -0.25) is 4.68 Å². The molecule has 0 amide bonds. The number of nitrogens with zero attached hydrogens (tertiary/aromatic N) is 4. The topological polar surface area (TPSA) is 91.1 Å². The molecule has 1 rings (SSSR count). The first-order valence-electron chi connectivity index (χ1n) is 5.55. The minimum Gasteiger partial charge on any atom is -0.396 e. The van der Waals surface area contributed by atoms with E-state index in [1.54, 1.807) is 17.1 Å². The maximum Gasteiger partial charge on any atom is 0.0862 e. The van der Waals surface area contributed by atoms with E-state index in [9.17, 15) is 5.11 Å². The smallest absolute Gasteiger partial charge is 0.0862 e. The summed E-state index contributed by atoms with van der Waals surface area (Å²) in [6.07, 6.45) is 2.71. The molecule has 0 bridgehead atoms. The van der Waals surface area contributed by atoms with Gasteiger partial charge in [-0.1, -0.05) is 0 Å². The Morgan fingerprint density at radius 2 is 2.35 bits per heavy atom. The maximum atomic E-state index is 9.84. The van der Waals surface area contributed by atoms with Crippen LogP contribution in [0.5, 0.6) is 0 Å². The van der Waals surface area contributed by atoms with Gasteiger partial charge in [-0.25, -0.2) is 0 Å². The van der Waals surface area contributed by atoms with Gasteiger partial charge in [0.1, 0.15) is 0 Å². The van der Waals surface area contributed by atoms with E-state index in [0.29, 0.717) is 25.3 Å². The lowest BCUT2D eigenvalue weighted by atomic mass is 10.2. The van der Waals surface area contributed by atoms with E-state index in [1.807, 2.05) is 18.9 Å². The number of aliphatic hydroxyl groups is 1. The van der Waals surface area contributed by atoms with Crippen molar-refractivity contribution in [3.05, 3.63) is 12.4 Å². The molecule has 6 nitrogen and oxygen atoms in total. The number of hydrogen-bond donors (Lipinski definition) is 2. The van der Waals surface area contributed by atoms with Crippen LogP contribution in [0.15, 0.2) is 12.4 Å². The Morgan fingerprint density at radius 1 is 1.65 bits per heavy atom. The van der Waals surface area contributed by atoms with E-state index in [1.165, 1.54) is 0 Å². The number of nitrogens with two attached hydrogens (primary N) is 1. The van der Waals surface area contributed by atoms with E-state index < -0.39 is 6.10 Å². The minimum absolute atomic E-state index is 0.0347. The van der Waals surface area contributed by atoms with Crippen LogP contribution in [0.1, 0.15) is 6.92 Å². The highest BCUT2D eigenvalue weighted by Gasteiger charge is 2.11. The lowest BCUT2D eigenvalue weighted by Gasteiger charge is -2.21.